The van der Waals surface area contributed by atoms with Gasteiger partial charge in [0.25, 0.3) is 0 Å². The maximum absolute atomic E-state index is 12.4. The van der Waals surface area contributed by atoms with Crippen molar-refractivity contribution in [2.24, 2.45) is 0 Å². The monoisotopic (exact) mass is 385 g/mol. The van der Waals surface area contributed by atoms with Crippen LogP contribution in [0.25, 0.3) is 0 Å². The first kappa shape index (κ1) is 20.5. The Morgan fingerprint density at radius 3 is 2.42 bits per heavy atom. The number of hydrogen-bond acceptors (Lipinski definition) is 6. The molecule has 1 amide bonds. The zero-order valence-corrected chi connectivity index (χ0v) is 16.3. The molecule has 0 spiro atoms. The third kappa shape index (κ3) is 5.09. The predicted octanol–water partition coefficient (Wildman–Crippen LogP) is 0.583. The topological polar surface area (TPSA) is 97.0 Å². The molecular weight excluding hydrogens is 358 g/mol. The third-order valence-corrected chi connectivity index (χ3v) is 6.01. The van der Waals surface area contributed by atoms with E-state index >= 15 is 0 Å². The van der Waals surface area contributed by atoms with Crippen LogP contribution in [-0.4, -0.2) is 66.2 Å². The van der Waals surface area contributed by atoms with Crippen molar-refractivity contribution in [1.29, 1.82) is 0 Å². The summed E-state index contributed by atoms with van der Waals surface area (Å²) in [5.74, 6) is 0.750. The van der Waals surface area contributed by atoms with E-state index in [1.54, 1.807) is 4.90 Å². The summed E-state index contributed by atoms with van der Waals surface area (Å²) in [6.07, 6.45) is 1.97. The second-order valence-corrected chi connectivity index (χ2v) is 7.88. The van der Waals surface area contributed by atoms with Gasteiger partial charge in [0.15, 0.2) is 11.5 Å². The number of rotatable bonds is 8. The first-order chi connectivity index (χ1) is 12.4. The number of sulfonamides is 1. The molecule has 1 fully saturated rings. The van der Waals surface area contributed by atoms with Crippen molar-refractivity contribution < 1.29 is 22.7 Å². The number of likely N-dealkylation sites (tertiary alicyclic amines) is 1. The van der Waals surface area contributed by atoms with E-state index in [-0.39, 0.29) is 23.8 Å². The molecule has 0 saturated carbocycles. The highest BCUT2D eigenvalue weighted by molar-refractivity contribution is 7.89. The molecule has 1 aromatic carbocycles. The lowest BCUT2D eigenvalue weighted by Gasteiger charge is -2.31. The molecule has 1 aromatic rings. The molecule has 0 radical (unpaired) electrons. The fourth-order valence-electron chi connectivity index (χ4n) is 2.94. The van der Waals surface area contributed by atoms with Crippen molar-refractivity contribution >= 4 is 15.9 Å². The SMILES string of the molecule is CNC1CCN(C(=O)CCNS(=O)(=O)c2ccc(OC)c(OC)c2)CC1. The highest BCUT2D eigenvalue weighted by Crippen LogP contribution is 2.29. The average Bonchev–Trinajstić information content (AvgIpc) is 2.67. The van der Waals surface area contributed by atoms with E-state index in [1.165, 1.54) is 32.4 Å². The first-order valence-corrected chi connectivity index (χ1v) is 10.1. The molecule has 1 aliphatic heterocycles. The van der Waals surface area contributed by atoms with Gasteiger partial charge in [-0.15, -0.1) is 0 Å². The Labute approximate surface area is 154 Å². The number of nitrogens with one attached hydrogen (secondary N) is 2. The number of ether oxygens (including phenoxy) is 2. The molecule has 9 heteroatoms. The van der Waals surface area contributed by atoms with Gasteiger partial charge >= 0.3 is 0 Å². The summed E-state index contributed by atoms with van der Waals surface area (Å²) < 4.78 is 37.5. The van der Waals surface area contributed by atoms with Crippen LogP contribution in [0.2, 0.25) is 0 Å². The van der Waals surface area contributed by atoms with E-state index in [9.17, 15) is 13.2 Å². The van der Waals surface area contributed by atoms with E-state index in [1.807, 2.05) is 7.05 Å². The van der Waals surface area contributed by atoms with Gasteiger partial charge < -0.3 is 19.7 Å². The van der Waals surface area contributed by atoms with Gasteiger partial charge in [0.2, 0.25) is 15.9 Å². The molecule has 8 nitrogen and oxygen atoms in total. The summed E-state index contributed by atoms with van der Waals surface area (Å²) in [7, 11) is 1.12. The van der Waals surface area contributed by atoms with Crippen molar-refractivity contribution in [3.8, 4) is 11.5 Å². The molecule has 2 N–H and O–H groups in total. The van der Waals surface area contributed by atoms with Crippen LogP contribution in [0.1, 0.15) is 19.3 Å². The maximum Gasteiger partial charge on any atom is 0.240 e. The molecule has 1 saturated heterocycles. The van der Waals surface area contributed by atoms with Crippen LogP contribution in [0.3, 0.4) is 0 Å². The van der Waals surface area contributed by atoms with Crippen LogP contribution in [0, 0.1) is 0 Å². The predicted molar refractivity (Wildman–Crippen MR) is 98.0 cm³/mol. The Kier molecular flexibility index (Phi) is 7.24. The Morgan fingerprint density at radius 2 is 1.85 bits per heavy atom. The van der Waals surface area contributed by atoms with Gasteiger partial charge in [0.1, 0.15) is 0 Å². The number of methoxy groups -OCH3 is 2. The Morgan fingerprint density at radius 1 is 1.19 bits per heavy atom. The number of carbonyl (C=O) groups excluding carboxylic acids is 1. The minimum atomic E-state index is -3.72. The van der Waals surface area contributed by atoms with Crippen molar-refractivity contribution in [2.75, 3.05) is 40.9 Å². The molecule has 1 heterocycles. The van der Waals surface area contributed by atoms with Crippen molar-refractivity contribution in [3.05, 3.63) is 18.2 Å². The lowest BCUT2D eigenvalue weighted by Crippen LogP contribution is -2.44. The second kappa shape index (κ2) is 9.20. The highest BCUT2D eigenvalue weighted by atomic mass is 32.2. The minimum Gasteiger partial charge on any atom is -0.493 e. The van der Waals surface area contributed by atoms with E-state index < -0.39 is 10.0 Å². The first-order valence-electron chi connectivity index (χ1n) is 8.58. The van der Waals surface area contributed by atoms with Gasteiger partial charge in [0.05, 0.1) is 19.1 Å². The Bertz CT molecular complexity index is 715. The number of amides is 1. The van der Waals surface area contributed by atoms with Gasteiger partial charge in [0, 0.05) is 38.2 Å². The van der Waals surface area contributed by atoms with Crippen LogP contribution in [-0.2, 0) is 14.8 Å². The van der Waals surface area contributed by atoms with E-state index in [4.69, 9.17) is 9.47 Å². The molecule has 1 aliphatic rings. The Balaban J connectivity index is 1.89. The number of carbonyl (C=O) groups is 1. The minimum absolute atomic E-state index is 0.0328. The average molecular weight is 385 g/mol. The molecule has 0 bridgehead atoms. The van der Waals surface area contributed by atoms with Crippen molar-refractivity contribution in [1.82, 2.24) is 14.9 Å². The normalized spacial score (nSPS) is 15.7. The van der Waals surface area contributed by atoms with Crippen LogP contribution < -0.4 is 19.5 Å². The maximum atomic E-state index is 12.4. The van der Waals surface area contributed by atoms with Crippen LogP contribution >= 0.6 is 0 Å². The van der Waals surface area contributed by atoms with E-state index in [2.05, 4.69) is 10.0 Å². The van der Waals surface area contributed by atoms with Crippen LogP contribution in [0.4, 0.5) is 0 Å². The molecule has 2 rings (SSSR count). The van der Waals surface area contributed by atoms with E-state index in [0.29, 0.717) is 30.6 Å². The highest BCUT2D eigenvalue weighted by Gasteiger charge is 2.22. The number of hydrogen-bond donors (Lipinski definition) is 2. The van der Waals surface area contributed by atoms with Gasteiger partial charge in [-0.25, -0.2) is 13.1 Å². The van der Waals surface area contributed by atoms with Gasteiger partial charge in [-0.2, -0.15) is 0 Å². The van der Waals surface area contributed by atoms with Crippen LogP contribution in [0.15, 0.2) is 23.1 Å². The Hall–Kier alpha value is -1.84. The van der Waals surface area contributed by atoms with Crippen LogP contribution in [0.5, 0.6) is 11.5 Å². The standard InChI is InChI=1S/C17H27N3O5S/c1-18-13-7-10-20(11-8-13)17(21)6-9-19-26(22,23)14-4-5-15(24-2)16(12-14)25-3/h4-5,12-13,18-19H,6-11H2,1-3H3. The van der Waals surface area contributed by atoms with Crippen molar-refractivity contribution in [3.63, 3.8) is 0 Å². The quantitative estimate of drug-likeness (QED) is 0.680. The molecule has 0 aromatic heterocycles. The summed E-state index contributed by atoms with van der Waals surface area (Å²) in [6.45, 7) is 1.46. The van der Waals surface area contributed by atoms with Gasteiger partial charge in [-0.1, -0.05) is 0 Å². The summed E-state index contributed by atoms with van der Waals surface area (Å²) in [6, 6.07) is 4.81. The molecule has 0 unspecified atom stereocenters. The fourth-order valence-corrected chi connectivity index (χ4v) is 3.98. The van der Waals surface area contributed by atoms with Gasteiger partial charge in [-0.3, -0.25) is 4.79 Å². The number of piperidine rings is 1. The molecular formula is C17H27N3O5S. The van der Waals surface area contributed by atoms with Gasteiger partial charge in [-0.05, 0) is 32.0 Å². The molecule has 146 valence electrons. The lowest BCUT2D eigenvalue weighted by molar-refractivity contribution is -0.132. The molecule has 26 heavy (non-hydrogen) atoms. The smallest absolute Gasteiger partial charge is 0.240 e. The number of nitrogens with zero attached hydrogens (tertiary/aromatic N) is 1. The third-order valence-electron chi connectivity index (χ3n) is 4.55. The summed E-state index contributed by atoms with van der Waals surface area (Å²) in [5.41, 5.74) is 0. The van der Waals surface area contributed by atoms with E-state index in [0.717, 1.165) is 12.8 Å². The second-order valence-electron chi connectivity index (χ2n) is 6.11. The largest absolute Gasteiger partial charge is 0.493 e. The summed E-state index contributed by atoms with van der Waals surface area (Å²) in [4.78, 5) is 14.1. The van der Waals surface area contributed by atoms with Crippen molar-refractivity contribution in [2.45, 2.75) is 30.2 Å². The molecule has 0 aliphatic carbocycles. The number of benzene rings is 1. The lowest BCUT2D eigenvalue weighted by atomic mass is 10.1. The molecule has 0 atom stereocenters. The zero-order chi connectivity index (χ0) is 19.2. The zero-order valence-electron chi connectivity index (χ0n) is 15.4. The summed E-state index contributed by atoms with van der Waals surface area (Å²) >= 11 is 0. The summed E-state index contributed by atoms with van der Waals surface area (Å²) in [5, 5.41) is 3.21. The fraction of sp³-hybridized carbons (Fsp3) is 0.588.